The second-order valence-corrected chi connectivity index (χ2v) is 5.21. The fourth-order valence-electron chi connectivity index (χ4n) is 2.14. The van der Waals surface area contributed by atoms with Crippen molar-refractivity contribution in [2.75, 3.05) is 4.90 Å². The summed E-state index contributed by atoms with van der Waals surface area (Å²) in [5.41, 5.74) is -2.32. The number of aliphatic hydroxyl groups is 7. The number of aromatic amines is 1. The number of hydrogen-bond acceptors (Lipinski definition) is 12. The standard InChI is InChI=1S/C10H15N5O9/c1-8(18,19)15(9(2,20)21)5-3(16)4(10(22,23)24)11-6-12-7(17)13-14(5)6/h16,18-24H,1-2H3,(H,13,17). The van der Waals surface area contributed by atoms with Gasteiger partial charge in [-0.1, -0.05) is 0 Å². The van der Waals surface area contributed by atoms with Crippen molar-refractivity contribution in [3.05, 3.63) is 16.2 Å². The first-order valence-corrected chi connectivity index (χ1v) is 6.23. The van der Waals surface area contributed by atoms with Crippen LogP contribution in [0.15, 0.2) is 4.79 Å². The molecule has 0 aliphatic rings. The number of anilines is 1. The highest BCUT2D eigenvalue weighted by Gasteiger charge is 2.45. The average Bonchev–Trinajstić information content (AvgIpc) is 2.68. The van der Waals surface area contributed by atoms with Gasteiger partial charge in [0.1, 0.15) is 0 Å². The predicted molar refractivity (Wildman–Crippen MR) is 71.8 cm³/mol. The van der Waals surface area contributed by atoms with Crippen LogP contribution in [-0.4, -0.2) is 72.3 Å². The zero-order chi connectivity index (χ0) is 18.7. The summed E-state index contributed by atoms with van der Waals surface area (Å²) in [4.78, 5) is 18.0. The predicted octanol–water partition coefficient (Wildman–Crippen LogP) is -4.67. The summed E-state index contributed by atoms with van der Waals surface area (Å²) in [6.45, 7) is 1.34. The molecular formula is C10H15N5O9. The van der Waals surface area contributed by atoms with E-state index in [4.69, 9.17) is 0 Å². The van der Waals surface area contributed by atoms with Gasteiger partial charge in [-0.2, -0.15) is 9.50 Å². The lowest BCUT2D eigenvalue weighted by Gasteiger charge is -2.41. The molecule has 0 saturated heterocycles. The molecule has 14 heteroatoms. The average molecular weight is 349 g/mol. The van der Waals surface area contributed by atoms with E-state index in [1.807, 2.05) is 5.10 Å². The molecule has 0 aliphatic carbocycles. The van der Waals surface area contributed by atoms with E-state index in [-0.39, 0.29) is 4.90 Å². The smallest absolute Gasteiger partial charge is 0.363 e. The van der Waals surface area contributed by atoms with Gasteiger partial charge in [0.05, 0.1) is 0 Å². The van der Waals surface area contributed by atoms with Crippen LogP contribution in [0.1, 0.15) is 19.5 Å². The molecular weight excluding hydrogens is 334 g/mol. The second-order valence-electron chi connectivity index (χ2n) is 5.21. The van der Waals surface area contributed by atoms with Gasteiger partial charge in [-0.15, -0.1) is 0 Å². The number of nitrogens with one attached hydrogen (secondary N) is 1. The van der Waals surface area contributed by atoms with Gasteiger partial charge in [-0.3, -0.25) is 0 Å². The highest BCUT2D eigenvalue weighted by atomic mass is 16.7. The molecule has 0 bridgehead atoms. The molecule has 24 heavy (non-hydrogen) atoms. The third kappa shape index (κ3) is 3.02. The largest absolute Gasteiger partial charge is 0.503 e. The SMILES string of the molecule is CC(O)(O)N(c1c(O)c(C(O)(O)O)nc2nc(=O)[nH]n12)C(C)(O)O. The normalized spacial score (nSPS) is 13.5. The summed E-state index contributed by atoms with van der Waals surface area (Å²) in [6, 6.07) is 0. The van der Waals surface area contributed by atoms with E-state index in [1.165, 1.54) is 0 Å². The zero-order valence-electron chi connectivity index (χ0n) is 12.3. The molecule has 0 aliphatic heterocycles. The number of aromatic nitrogens is 4. The van der Waals surface area contributed by atoms with Crippen molar-refractivity contribution in [1.29, 1.82) is 0 Å². The number of H-pyrrole nitrogens is 1. The first kappa shape index (κ1) is 18.0. The van der Waals surface area contributed by atoms with E-state index in [0.29, 0.717) is 18.4 Å². The van der Waals surface area contributed by atoms with Crippen LogP contribution >= 0.6 is 0 Å². The van der Waals surface area contributed by atoms with Crippen molar-refractivity contribution in [3.63, 3.8) is 0 Å². The van der Waals surface area contributed by atoms with E-state index in [2.05, 4.69) is 9.97 Å². The maximum atomic E-state index is 11.4. The first-order valence-electron chi connectivity index (χ1n) is 6.23. The minimum atomic E-state index is -3.72. The summed E-state index contributed by atoms with van der Waals surface area (Å²) < 4.78 is 0.502. The summed E-state index contributed by atoms with van der Waals surface area (Å²) in [6.07, 6.45) is 0. The Morgan fingerprint density at radius 1 is 1.00 bits per heavy atom. The molecule has 2 rings (SSSR count). The van der Waals surface area contributed by atoms with Crippen molar-refractivity contribution in [2.45, 2.75) is 31.6 Å². The highest BCUT2D eigenvalue weighted by Crippen LogP contribution is 2.38. The molecule has 9 N–H and O–H groups in total. The number of hydrogen-bond donors (Lipinski definition) is 9. The van der Waals surface area contributed by atoms with Crippen LogP contribution in [-0.2, 0) is 5.97 Å². The second kappa shape index (κ2) is 5.08. The summed E-state index contributed by atoms with van der Waals surface area (Å²) in [5, 5.41) is 78.9. The number of aromatic hydroxyl groups is 1. The molecule has 0 aromatic carbocycles. The maximum absolute atomic E-state index is 11.4. The maximum Gasteiger partial charge on any atom is 0.363 e. The lowest BCUT2D eigenvalue weighted by molar-refractivity contribution is -0.326. The third-order valence-electron chi connectivity index (χ3n) is 2.85. The number of fused-ring (bicyclic) bond motifs is 1. The van der Waals surface area contributed by atoms with Crippen LogP contribution in [0.5, 0.6) is 5.75 Å². The minimum Gasteiger partial charge on any atom is -0.503 e. The molecule has 2 aromatic heterocycles. The van der Waals surface area contributed by atoms with Gasteiger partial charge in [-0.05, 0) is 0 Å². The van der Waals surface area contributed by atoms with Crippen LogP contribution in [0.25, 0.3) is 5.78 Å². The Labute approximate surface area is 131 Å². The molecule has 0 radical (unpaired) electrons. The zero-order valence-corrected chi connectivity index (χ0v) is 12.3. The van der Waals surface area contributed by atoms with Crippen LogP contribution in [0, 0.1) is 0 Å². The Kier molecular flexibility index (Phi) is 3.81. The molecule has 0 unspecified atom stereocenters. The van der Waals surface area contributed by atoms with Crippen LogP contribution < -0.4 is 10.6 Å². The fourth-order valence-corrected chi connectivity index (χ4v) is 2.14. The number of nitrogens with zero attached hydrogens (tertiary/aromatic N) is 4. The van der Waals surface area contributed by atoms with Gasteiger partial charge in [0, 0.05) is 13.8 Å². The van der Waals surface area contributed by atoms with Crippen molar-refractivity contribution in [3.8, 4) is 5.75 Å². The van der Waals surface area contributed by atoms with E-state index in [1.54, 1.807) is 0 Å². The van der Waals surface area contributed by atoms with Crippen molar-refractivity contribution >= 4 is 11.6 Å². The molecule has 0 saturated carbocycles. The molecule has 0 spiro atoms. The Balaban J connectivity index is 2.99. The van der Waals surface area contributed by atoms with Gasteiger partial charge < -0.3 is 40.9 Å². The monoisotopic (exact) mass is 349 g/mol. The highest BCUT2D eigenvalue weighted by molar-refractivity contribution is 5.60. The molecule has 2 heterocycles. The fraction of sp³-hybridized carbons (Fsp3) is 0.500. The van der Waals surface area contributed by atoms with Gasteiger partial charge in [0.25, 0.3) is 5.78 Å². The molecule has 0 atom stereocenters. The van der Waals surface area contributed by atoms with Crippen LogP contribution in [0.2, 0.25) is 0 Å². The summed E-state index contributed by atoms with van der Waals surface area (Å²) in [7, 11) is 0. The van der Waals surface area contributed by atoms with Gasteiger partial charge >= 0.3 is 11.7 Å². The van der Waals surface area contributed by atoms with E-state index in [9.17, 15) is 45.6 Å². The third-order valence-corrected chi connectivity index (χ3v) is 2.85. The van der Waals surface area contributed by atoms with Crippen molar-refractivity contribution in [2.24, 2.45) is 0 Å². The summed E-state index contributed by atoms with van der Waals surface area (Å²) >= 11 is 0. The van der Waals surface area contributed by atoms with E-state index < -0.39 is 46.5 Å². The molecule has 0 amide bonds. The van der Waals surface area contributed by atoms with E-state index >= 15 is 0 Å². The Bertz CT molecular complexity index is 809. The number of rotatable bonds is 4. The van der Waals surface area contributed by atoms with Gasteiger partial charge in [0.15, 0.2) is 17.3 Å². The quantitative estimate of drug-likeness (QED) is 0.237. The topological polar surface area (TPSA) is 228 Å². The Hall–Kier alpha value is -2.33. The lowest BCUT2D eigenvalue weighted by atomic mass is 10.2. The summed E-state index contributed by atoms with van der Waals surface area (Å²) in [5.74, 6) is -12.8. The Morgan fingerprint density at radius 3 is 1.92 bits per heavy atom. The minimum absolute atomic E-state index is 0.0309. The van der Waals surface area contributed by atoms with Crippen molar-refractivity contribution in [1.82, 2.24) is 19.6 Å². The van der Waals surface area contributed by atoms with Crippen molar-refractivity contribution < 1.29 is 40.9 Å². The molecule has 14 nitrogen and oxygen atoms in total. The molecule has 134 valence electrons. The first-order chi connectivity index (χ1) is 10.6. The van der Waals surface area contributed by atoms with E-state index in [0.717, 1.165) is 0 Å². The Morgan fingerprint density at radius 2 is 1.50 bits per heavy atom. The molecule has 2 aromatic rings. The lowest BCUT2D eigenvalue weighted by Crippen LogP contribution is -2.59. The molecule has 0 fully saturated rings. The van der Waals surface area contributed by atoms with Crippen LogP contribution in [0.3, 0.4) is 0 Å². The van der Waals surface area contributed by atoms with Crippen LogP contribution in [0.4, 0.5) is 5.82 Å². The van der Waals surface area contributed by atoms with Gasteiger partial charge in [0.2, 0.25) is 11.8 Å². The van der Waals surface area contributed by atoms with Gasteiger partial charge in [-0.25, -0.2) is 19.8 Å².